The average Bonchev–Trinajstić information content (AvgIpc) is 2.56. The minimum atomic E-state index is -0.602. The topological polar surface area (TPSA) is 42.4 Å². The number of aliphatic hydroxyl groups is 1. The van der Waals surface area contributed by atoms with Crippen molar-refractivity contribution in [2.24, 2.45) is 0 Å². The normalized spacial score (nSPS) is 19.4. The van der Waals surface area contributed by atoms with Gasteiger partial charge in [-0.1, -0.05) is 36.4 Å². The second-order valence-corrected chi connectivity index (χ2v) is 5.29. The monoisotopic (exact) mass is 269 g/mol. The molecule has 1 fully saturated rings. The molecule has 20 heavy (non-hydrogen) atoms. The summed E-state index contributed by atoms with van der Waals surface area (Å²) in [5, 5.41) is 10.9. The van der Waals surface area contributed by atoms with Crippen molar-refractivity contribution in [2.75, 3.05) is 13.2 Å². The predicted molar refractivity (Wildman–Crippen MR) is 77.4 cm³/mol. The molecule has 3 heteroatoms. The highest BCUT2D eigenvalue weighted by molar-refractivity contribution is 5.30. The van der Waals surface area contributed by atoms with E-state index >= 15 is 0 Å². The predicted octanol–water partition coefficient (Wildman–Crippen LogP) is 2.86. The Morgan fingerprint density at radius 2 is 1.70 bits per heavy atom. The third-order valence-corrected chi connectivity index (χ3v) is 4.23. The maximum absolute atomic E-state index is 10.9. The molecule has 0 amide bonds. The van der Waals surface area contributed by atoms with Gasteiger partial charge in [0.05, 0.1) is 5.69 Å². The maximum Gasteiger partial charge on any atom is 0.106 e. The second kappa shape index (κ2) is 5.73. The SMILES string of the molecule is O[C@H](c1ccccn1)C1(c2ccccc2)CCOCC1. The van der Waals surface area contributed by atoms with E-state index in [4.69, 9.17) is 4.74 Å². The van der Waals surface area contributed by atoms with Crippen LogP contribution in [0.25, 0.3) is 0 Å². The van der Waals surface area contributed by atoms with Gasteiger partial charge in [0.2, 0.25) is 0 Å². The van der Waals surface area contributed by atoms with Crippen LogP contribution in [0.1, 0.15) is 30.2 Å². The van der Waals surface area contributed by atoms with Gasteiger partial charge in [-0.3, -0.25) is 4.98 Å². The van der Waals surface area contributed by atoms with E-state index in [0.29, 0.717) is 13.2 Å². The van der Waals surface area contributed by atoms with E-state index in [1.807, 2.05) is 36.4 Å². The molecule has 3 nitrogen and oxygen atoms in total. The molecule has 1 atom stereocenters. The molecule has 0 aliphatic carbocycles. The Balaban J connectivity index is 2.02. The van der Waals surface area contributed by atoms with Gasteiger partial charge in [0.15, 0.2) is 0 Å². The van der Waals surface area contributed by atoms with E-state index in [0.717, 1.165) is 18.5 Å². The van der Waals surface area contributed by atoms with Crippen molar-refractivity contribution in [1.29, 1.82) is 0 Å². The van der Waals surface area contributed by atoms with E-state index in [1.54, 1.807) is 6.20 Å². The molecule has 1 saturated heterocycles. The number of hydrogen-bond donors (Lipinski definition) is 1. The molecule has 104 valence electrons. The lowest BCUT2D eigenvalue weighted by molar-refractivity contribution is -0.0187. The first-order valence-electron chi connectivity index (χ1n) is 7.05. The van der Waals surface area contributed by atoms with Gasteiger partial charge >= 0.3 is 0 Å². The van der Waals surface area contributed by atoms with E-state index in [-0.39, 0.29) is 5.41 Å². The molecular formula is C17H19NO2. The number of rotatable bonds is 3. The van der Waals surface area contributed by atoms with Crippen molar-refractivity contribution >= 4 is 0 Å². The summed E-state index contributed by atoms with van der Waals surface area (Å²) < 4.78 is 5.50. The van der Waals surface area contributed by atoms with Gasteiger partial charge in [-0.2, -0.15) is 0 Å². The summed E-state index contributed by atoms with van der Waals surface area (Å²) in [7, 11) is 0. The summed E-state index contributed by atoms with van der Waals surface area (Å²) in [4.78, 5) is 4.33. The van der Waals surface area contributed by atoms with Gasteiger partial charge < -0.3 is 9.84 Å². The average molecular weight is 269 g/mol. The van der Waals surface area contributed by atoms with Crippen LogP contribution in [-0.2, 0) is 10.2 Å². The molecule has 0 spiro atoms. The molecule has 1 aliphatic rings. The number of nitrogens with zero attached hydrogens (tertiary/aromatic N) is 1. The molecule has 1 aliphatic heterocycles. The molecule has 0 saturated carbocycles. The Morgan fingerprint density at radius 1 is 1.00 bits per heavy atom. The third kappa shape index (κ3) is 2.35. The number of aromatic nitrogens is 1. The molecular weight excluding hydrogens is 250 g/mol. The summed E-state index contributed by atoms with van der Waals surface area (Å²) in [5.74, 6) is 0. The summed E-state index contributed by atoms with van der Waals surface area (Å²) in [5.41, 5.74) is 1.60. The van der Waals surface area contributed by atoms with Crippen molar-refractivity contribution in [3.63, 3.8) is 0 Å². The Hall–Kier alpha value is -1.71. The maximum atomic E-state index is 10.9. The summed E-state index contributed by atoms with van der Waals surface area (Å²) >= 11 is 0. The Kier molecular flexibility index (Phi) is 3.81. The first-order chi connectivity index (χ1) is 9.83. The highest BCUT2D eigenvalue weighted by atomic mass is 16.5. The van der Waals surface area contributed by atoms with Crippen LogP contribution in [0, 0.1) is 0 Å². The molecule has 2 aromatic rings. The minimum absolute atomic E-state index is 0.298. The van der Waals surface area contributed by atoms with Crippen molar-refractivity contribution in [2.45, 2.75) is 24.4 Å². The molecule has 1 aromatic carbocycles. The zero-order valence-corrected chi connectivity index (χ0v) is 11.4. The van der Waals surface area contributed by atoms with Crippen molar-refractivity contribution in [3.8, 4) is 0 Å². The van der Waals surface area contributed by atoms with Crippen LogP contribution in [-0.4, -0.2) is 23.3 Å². The van der Waals surface area contributed by atoms with Gasteiger partial charge in [0, 0.05) is 24.8 Å². The molecule has 3 rings (SSSR count). The van der Waals surface area contributed by atoms with Gasteiger partial charge in [-0.15, -0.1) is 0 Å². The second-order valence-electron chi connectivity index (χ2n) is 5.29. The largest absolute Gasteiger partial charge is 0.386 e. The summed E-state index contributed by atoms with van der Waals surface area (Å²) in [6.45, 7) is 1.36. The lowest BCUT2D eigenvalue weighted by Gasteiger charge is -2.41. The highest BCUT2D eigenvalue weighted by Crippen LogP contribution is 2.44. The van der Waals surface area contributed by atoms with Gasteiger partial charge in [-0.05, 0) is 30.5 Å². The quantitative estimate of drug-likeness (QED) is 0.931. The lowest BCUT2D eigenvalue weighted by Crippen LogP contribution is -2.40. The molecule has 0 radical (unpaired) electrons. The Morgan fingerprint density at radius 3 is 2.35 bits per heavy atom. The van der Waals surface area contributed by atoms with Crippen molar-refractivity contribution < 1.29 is 9.84 Å². The van der Waals surface area contributed by atoms with Crippen LogP contribution >= 0.6 is 0 Å². The number of benzene rings is 1. The van der Waals surface area contributed by atoms with Gasteiger partial charge in [0.1, 0.15) is 6.10 Å². The van der Waals surface area contributed by atoms with E-state index in [1.165, 1.54) is 5.56 Å². The van der Waals surface area contributed by atoms with Crippen LogP contribution in [0.5, 0.6) is 0 Å². The van der Waals surface area contributed by atoms with Gasteiger partial charge in [0.25, 0.3) is 0 Å². The third-order valence-electron chi connectivity index (χ3n) is 4.23. The fourth-order valence-corrected chi connectivity index (χ4v) is 3.05. The van der Waals surface area contributed by atoms with Crippen LogP contribution in [0.4, 0.5) is 0 Å². The first-order valence-corrected chi connectivity index (χ1v) is 7.05. The molecule has 1 aromatic heterocycles. The van der Waals surface area contributed by atoms with Crippen LogP contribution < -0.4 is 0 Å². The van der Waals surface area contributed by atoms with E-state index in [2.05, 4.69) is 17.1 Å². The summed E-state index contributed by atoms with van der Waals surface area (Å²) in [6.07, 6.45) is 2.76. The number of aliphatic hydroxyl groups excluding tert-OH is 1. The first kappa shape index (κ1) is 13.3. The number of hydrogen-bond acceptors (Lipinski definition) is 3. The summed E-state index contributed by atoms with van der Waals surface area (Å²) in [6, 6.07) is 15.9. The fraction of sp³-hybridized carbons (Fsp3) is 0.353. The smallest absolute Gasteiger partial charge is 0.106 e. The zero-order valence-electron chi connectivity index (χ0n) is 11.4. The highest BCUT2D eigenvalue weighted by Gasteiger charge is 2.42. The number of ether oxygens (including phenoxy) is 1. The molecule has 1 N–H and O–H groups in total. The minimum Gasteiger partial charge on any atom is -0.386 e. The van der Waals surface area contributed by atoms with Crippen LogP contribution in [0.15, 0.2) is 54.7 Å². The zero-order chi connectivity index (χ0) is 13.8. The molecule has 2 heterocycles. The van der Waals surface area contributed by atoms with Gasteiger partial charge in [-0.25, -0.2) is 0 Å². The van der Waals surface area contributed by atoms with E-state index in [9.17, 15) is 5.11 Å². The standard InChI is InChI=1S/C17H19NO2/c19-16(15-8-4-5-11-18-15)17(9-12-20-13-10-17)14-6-2-1-3-7-14/h1-8,11,16,19H,9-10,12-13H2/t16-/m1/s1. The molecule has 0 unspecified atom stereocenters. The van der Waals surface area contributed by atoms with Crippen LogP contribution in [0.2, 0.25) is 0 Å². The van der Waals surface area contributed by atoms with Crippen molar-refractivity contribution in [3.05, 3.63) is 66.0 Å². The van der Waals surface area contributed by atoms with Crippen molar-refractivity contribution in [1.82, 2.24) is 4.98 Å². The Labute approximate surface area is 119 Å². The lowest BCUT2D eigenvalue weighted by atomic mass is 9.69. The van der Waals surface area contributed by atoms with Crippen LogP contribution in [0.3, 0.4) is 0 Å². The number of pyridine rings is 1. The Bertz CT molecular complexity index is 535. The molecule has 0 bridgehead atoms. The van der Waals surface area contributed by atoms with E-state index < -0.39 is 6.10 Å². The fourth-order valence-electron chi connectivity index (χ4n) is 3.05.